The number of piperazine rings is 1. The maximum Gasteiger partial charge on any atom is 0.241 e. The number of amides is 1. The Morgan fingerprint density at radius 2 is 1.77 bits per heavy atom. The molecular formula is C22H29FN4O3S. The van der Waals surface area contributed by atoms with E-state index < -0.39 is 21.9 Å². The van der Waals surface area contributed by atoms with Crippen molar-refractivity contribution >= 4 is 27.3 Å². The van der Waals surface area contributed by atoms with Crippen LogP contribution in [-0.2, 0) is 14.8 Å². The lowest BCUT2D eigenvalue weighted by molar-refractivity contribution is -0.114. The number of benzene rings is 2. The third-order valence-corrected chi connectivity index (χ3v) is 7.11. The summed E-state index contributed by atoms with van der Waals surface area (Å²) in [6, 6.07) is 8.57. The maximum atomic E-state index is 14.1. The summed E-state index contributed by atoms with van der Waals surface area (Å²) >= 11 is 0. The van der Waals surface area contributed by atoms with Crippen molar-refractivity contribution in [3.63, 3.8) is 0 Å². The minimum atomic E-state index is -3.92. The van der Waals surface area contributed by atoms with Gasteiger partial charge in [-0.15, -0.1) is 0 Å². The molecule has 7 nitrogen and oxygen atoms in total. The second-order valence-electron chi connectivity index (χ2n) is 8.00. The van der Waals surface area contributed by atoms with Gasteiger partial charge in [0, 0.05) is 50.5 Å². The molecule has 0 aromatic heterocycles. The van der Waals surface area contributed by atoms with Gasteiger partial charge in [0.25, 0.3) is 0 Å². The highest BCUT2D eigenvalue weighted by Crippen LogP contribution is 2.30. The standard InChI is InChI=1S/C22H29FN4O3S/c1-15-5-7-19(24-17(3)28)14-22(15)31(29,30)25-16(2)20-13-18(23)6-8-21(20)27-11-9-26(4)10-12-27/h5-8,13-14,16,25H,9-12H2,1-4H3,(H,24,28). The van der Waals surface area contributed by atoms with Crippen molar-refractivity contribution in [2.45, 2.75) is 31.7 Å². The monoisotopic (exact) mass is 448 g/mol. The topological polar surface area (TPSA) is 81.7 Å². The zero-order valence-electron chi connectivity index (χ0n) is 18.3. The van der Waals surface area contributed by atoms with Crippen LogP contribution in [0.4, 0.5) is 15.8 Å². The second kappa shape index (κ2) is 9.33. The van der Waals surface area contributed by atoms with Crippen molar-refractivity contribution in [1.82, 2.24) is 9.62 Å². The molecule has 2 aromatic carbocycles. The molecule has 0 aliphatic carbocycles. The zero-order chi connectivity index (χ0) is 22.8. The second-order valence-corrected chi connectivity index (χ2v) is 9.68. The van der Waals surface area contributed by atoms with Crippen LogP contribution in [-0.4, -0.2) is 52.5 Å². The van der Waals surface area contributed by atoms with Crippen LogP contribution in [0.5, 0.6) is 0 Å². The Kier molecular flexibility index (Phi) is 6.98. The van der Waals surface area contributed by atoms with Gasteiger partial charge in [0.15, 0.2) is 0 Å². The first-order valence-electron chi connectivity index (χ1n) is 10.2. The normalized spacial score (nSPS) is 16.2. The predicted octanol–water partition coefficient (Wildman–Crippen LogP) is 2.88. The van der Waals surface area contributed by atoms with Gasteiger partial charge in [-0.1, -0.05) is 6.07 Å². The summed E-state index contributed by atoms with van der Waals surface area (Å²) < 4.78 is 43.1. The molecule has 1 heterocycles. The molecule has 0 radical (unpaired) electrons. The van der Waals surface area contributed by atoms with Crippen LogP contribution in [0.1, 0.15) is 31.0 Å². The number of anilines is 2. The van der Waals surface area contributed by atoms with Crippen molar-refractivity contribution in [2.24, 2.45) is 0 Å². The summed E-state index contributed by atoms with van der Waals surface area (Å²) in [5, 5.41) is 2.60. The van der Waals surface area contributed by atoms with E-state index in [-0.39, 0.29) is 10.8 Å². The van der Waals surface area contributed by atoms with Gasteiger partial charge < -0.3 is 15.1 Å². The molecule has 1 saturated heterocycles. The van der Waals surface area contributed by atoms with E-state index in [1.807, 2.05) is 0 Å². The average molecular weight is 449 g/mol. The first-order chi connectivity index (χ1) is 14.6. The van der Waals surface area contributed by atoms with Gasteiger partial charge in [-0.05, 0) is 62.4 Å². The molecule has 0 saturated carbocycles. The minimum Gasteiger partial charge on any atom is -0.369 e. The molecule has 1 atom stereocenters. The summed E-state index contributed by atoms with van der Waals surface area (Å²) in [4.78, 5) is 15.8. The molecule has 1 amide bonds. The SMILES string of the molecule is CC(=O)Nc1ccc(C)c(S(=O)(=O)NC(C)c2cc(F)ccc2N2CCN(C)CC2)c1. The van der Waals surface area contributed by atoms with Gasteiger partial charge in [-0.25, -0.2) is 17.5 Å². The number of carbonyl (C=O) groups excluding carboxylic acids is 1. The minimum absolute atomic E-state index is 0.0724. The van der Waals surface area contributed by atoms with E-state index in [2.05, 4.69) is 26.9 Å². The predicted molar refractivity (Wildman–Crippen MR) is 120 cm³/mol. The third-order valence-electron chi connectivity index (χ3n) is 5.43. The number of carbonyl (C=O) groups is 1. The first kappa shape index (κ1) is 23.2. The van der Waals surface area contributed by atoms with Crippen molar-refractivity contribution in [3.05, 3.63) is 53.3 Å². The lowest BCUT2D eigenvalue weighted by atomic mass is 10.0. The van der Waals surface area contributed by atoms with Gasteiger partial charge in [0.1, 0.15) is 5.82 Å². The van der Waals surface area contributed by atoms with E-state index in [1.165, 1.54) is 25.1 Å². The van der Waals surface area contributed by atoms with Crippen LogP contribution in [0.2, 0.25) is 0 Å². The van der Waals surface area contributed by atoms with Crippen LogP contribution in [0.3, 0.4) is 0 Å². The van der Waals surface area contributed by atoms with Crippen LogP contribution in [0.15, 0.2) is 41.3 Å². The van der Waals surface area contributed by atoms with Crippen LogP contribution in [0.25, 0.3) is 0 Å². The van der Waals surface area contributed by atoms with E-state index in [0.717, 1.165) is 31.9 Å². The molecule has 3 rings (SSSR count). The van der Waals surface area contributed by atoms with E-state index >= 15 is 0 Å². The molecule has 0 bridgehead atoms. The molecule has 0 spiro atoms. The number of sulfonamides is 1. The lowest BCUT2D eigenvalue weighted by Gasteiger charge is -2.36. The molecule has 168 valence electrons. The highest BCUT2D eigenvalue weighted by atomic mass is 32.2. The molecule has 9 heteroatoms. The lowest BCUT2D eigenvalue weighted by Crippen LogP contribution is -2.45. The number of aryl methyl sites for hydroxylation is 1. The number of likely N-dealkylation sites (N-methyl/N-ethyl adjacent to an activating group) is 1. The summed E-state index contributed by atoms with van der Waals surface area (Å²) in [6.45, 7) is 8.09. The van der Waals surface area contributed by atoms with Gasteiger partial charge in [0.2, 0.25) is 15.9 Å². The summed E-state index contributed by atoms with van der Waals surface area (Å²) in [6.07, 6.45) is 0. The summed E-state index contributed by atoms with van der Waals surface area (Å²) in [5.74, 6) is -0.701. The molecular weight excluding hydrogens is 419 g/mol. The fraction of sp³-hybridized carbons (Fsp3) is 0.409. The number of nitrogens with one attached hydrogen (secondary N) is 2. The summed E-state index contributed by atoms with van der Waals surface area (Å²) in [5.41, 5.74) is 2.36. The zero-order valence-corrected chi connectivity index (χ0v) is 19.1. The summed E-state index contributed by atoms with van der Waals surface area (Å²) in [7, 11) is -1.86. The smallest absolute Gasteiger partial charge is 0.241 e. The number of rotatable bonds is 6. The van der Waals surface area contributed by atoms with Crippen LogP contribution >= 0.6 is 0 Å². The van der Waals surface area contributed by atoms with Gasteiger partial charge >= 0.3 is 0 Å². The Bertz CT molecular complexity index is 1070. The van der Waals surface area contributed by atoms with E-state index in [1.54, 1.807) is 32.0 Å². The average Bonchev–Trinajstić information content (AvgIpc) is 2.69. The third kappa shape index (κ3) is 5.61. The highest BCUT2D eigenvalue weighted by Gasteiger charge is 2.25. The highest BCUT2D eigenvalue weighted by molar-refractivity contribution is 7.89. The molecule has 1 aliphatic heterocycles. The number of hydrogen-bond donors (Lipinski definition) is 2. The fourth-order valence-electron chi connectivity index (χ4n) is 3.74. The molecule has 1 fully saturated rings. The fourth-order valence-corrected chi connectivity index (χ4v) is 5.23. The van der Waals surface area contributed by atoms with E-state index in [4.69, 9.17) is 0 Å². The Hall–Kier alpha value is -2.49. The van der Waals surface area contributed by atoms with E-state index in [9.17, 15) is 17.6 Å². The number of hydrogen-bond acceptors (Lipinski definition) is 5. The quantitative estimate of drug-likeness (QED) is 0.710. The Balaban J connectivity index is 1.90. The first-order valence-corrected chi connectivity index (χ1v) is 11.7. The molecule has 31 heavy (non-hydrogen) atoms. The van der Waals surface area contributed by atoms with Crippen LogP contribution in [0, 0.1) is 12.7 Å². The number of nitrogens with zero attached hydrogens (tertiary/aromatic N) is 2. The van der Waals surface area contributed by atoms with Gasteiger partial charge in [0.05, 0.1) is 4.90 Å². The van der Waals surface area contributed by atoms with Crippen molar-refractivity contribution < 1.29 is 17.6 Å². The van der Waals surface area contributed by atoms with Crippen LogP contribution < -0.4 is 14.9 Å². The molecule has 1 aliphatic rings. The Labute approximate surface area is 183 Å². The van der Waals surface area contributed by atoms with Crippen molar-refractivity contribution in [1.29, 1.82) is 0 Å². The van der Waals surface area contributed by atoms with E-state index in [0.29, 0.717) is 16.8 Å². The Morgan fingerprint density at radius 1 is 1.10 bits per heavy atom. The molecule has 2 N–H and O–H groups in total. The van der Waals surface area contributed by atoms with Crippen molar-refractivity contribution in [2.75, 3.05) is 43.4 Å². The maximum absolute atomic E-state index is 14.1. The van der Waals surface area contributed by atoms with Gasteiger partial charge in [-0.3, -0.25) is 4.79 Å². The molecule has 2 aromatic rings. The Morgan fingerprint density at radius 3 is 2.42 bits per heavy atom. The van der Waals surface area contributed by atoms with Gasteiger partial charge in [-0.2, -0.15) is 0 Å². The largest absolute Gasteiger partial charge is 0.369 e. The number of halogens is 1. The molecule has 1 unspecified atom stereocenters. The van der Waals surface area contributed by atoms with Crippen molar-refractivity contribution in [3.8, 4) is 0 Å².